The molecule has 2 aliphatic carbocycles. The Morgan fingerprint density at radius 1 is 1.00 bits per heavy atom. The number of nitrogens with zero attached hydrogens (tertiary/aromatic N) is 2. The van der Waals surface area contributed by atoms with Gasteiger partial charge in [-0.05, 0) is 36.5 Å². The number of anilines is 2. The molecule has 4 atom stereocenters. The van der Waals surface area contributed by atoms with Crippen LogP contribution in [0.3, 0.4) is 0 Å². The van der Waals surface area contributed by atoms with Crippen LogP contribution in [-0.2, 0) is 14.3 Å². The van der Waals surface area contributed by atoms with Crippen molar-refractivity contribution in [3.63, 3.8) is 0 Å². The first-order valence-corrected chi connectivity index (χ1v) is 9.21. The van der Waals surface area contributed by atoms with Gasteiger partial charge in [-0.1, -0.05) is 23.8 Å². The van der Waals surface area contributed by atoms with Gasteiger partial charge in [0.1, 0.15) is 0 Å². The van der Waals surface area contributed by atoms with Crippen molar-refractivity contribution >= 4 is 34.8 Å². The van der Waals surface area contributed by atoms with Crippen LogP contribution in [-0.4, -0.2) is 38.1 Å². The van der Waals surface area contributed by atoms with E-state index in [9.17, 15) is 9.59 Å². The monoisotopic (exact) mass is 358 g/mol. The minimum absolute atomic E-state index is 0.0676. The Morgan fingerprint density at radius 2 is 1.64 bits per heavy atom. The van der Waals surface area contributed by atoms with E-state index in [0.29, 0.717) is 23.9 Å². The number of morpholine rings is 1. The minimum Gasteiger partial charge on any atom is -0.378 e. The summed E-state index contributed by atoms with van der Waals surface area (Å²) in [6.45, 7) is 2.94. The maximum atomic E-state index is 12.9. The molecule has 2 unspecified atom stereocenters. The number of benzene rings is 1. The fourth-order valence-corrected chi connectivity index (χ4v) is 5.15. The molecule has 4 aliphatic rings. The van der Waals surface area contributed by atoms with Crippen LogP contribution in [0.2, 0.25) is 5.02 Å². The first-order chi connectivity index (χ1) is 12.1. The maximum Gasteiger partial charge on any atom is 0.238 e. The van der Waals surface area contributed by atoms with E-state index in [0.717, 1.165) is 25.2 Å². The van der Waals surface area contributed by atoms with Crippen LogP contribution in [0.4, 0.5) is 11.4 Å². The van der Waals surface area contributed by atoms with E-state index >= 15 is 0 Å². The van der Waals surface area contributed by atoms with Crippen LogP contribution in [0.25, 0.3) is 0 Å². The van der Waals surface area contributed by atoms with E-state index in [1.54, 1.807) is 6.07 Å². The zero-order chi connectivity index (χ0) is 17.1. The van der Waals surface area contributed by atoms with Crippen LogP contribution in [0.1, 0.15) is 6.42 Å². The Morgan fingerprint density at radius 3 is 2.24 bits per heavy atom. The fraction of sp³-hybridized carbons (Fsp3) is 0.474. The van der Waals surface area contributed by atoms with E-state index in [2.05, 4.69) is 17.1 Å². The number of imide groups is 1. The highest BCUT2D eigenvalue weighted by Crippen LogP contribution is 2.53. The lowest BCUT2D eigenvalue weighted by Crippen LogP contribution is -2.36. The summed E-state index contributed by atoms with van der Waals surface area (Å²) >= 11 is 6.48. The number of rotatable bonds is 2. The summed E-state index contributed by atoms with van der Waals surface area (Å²) in [7, 11) is 0. The number of carbonyl (C=O) groups excluding carboxylic acids is 2. The zero-order valence-corrected chi connectivity index (χ0v) is 14.5. The van der Waals surface area contributed by atoms with Gasteiger partial charge in [-0.2, -0.15) is 0 Å². The molecule has 130 valence electrons. The smallest absolute Gasteiger partial charge is 0.238 e. The van der Waals surface area contributed by atoms with Gasteiger partial charge in [0.15, 0.2) is 0 Å². The molecule has 1 aromatic carbocycles. The predicted octanol–water partition coefficient (Wildman–Crippen LogP) is 2.49. The average Bonchev–Trinajstić information content (AvgIpc) is 3.30. The van der Waals surface area contributed by atoms with Crippen molar-refractivity contribution in [2.45, 2.75) is 6.42 Å². The second kappa shape index (κ2) is 5.58. The predicted molar refractivity (Wildman–Crippen MR) is 94.7 cm³/mol. The quantitative estimate of drug-likeness (QED) is 0.602. The molecule has 5 rings (SSSR count). The van der Waals surface area contributed by atoms with E-state index in [1.165, 1.54) is 4.90 Å². The third-order valence-corrected chi connectivity index (χ3v) is 6.31. The van der Waals surface area contributed by atoms with Crippen LogP contribution in [0, 0.1) is 23.7 Å². The summed E-state index contributed by atoms with van der Waals surface area (Å²) in [5.74, 6) is -0.0523. The van der Waals surface area contributed by atoms with Crippen molar-refractivity contribution in [2.24, 2.45) is 23.7 Å². The largest absolute Gasteiger partial charge is 0.378 e. The van der Waals surface area contributed by atoms with Crippen LogP contribution >= 0.6 is 11.6 Å². The Hall–Kier alpha value is -1.85. The minimum atomic E-state index is -0.180. The van der Waals surface area contributed by atoms with Gasteiger partial charge in [0.25, 0.3) is 0 Å². The SMILES string of the molecule is O=C1C2C(C(=O)N1c1ccc(N3CCOCC3)c(Cl)c1)[C@H]1C=C[C@@H]2C1. The number of hydrogen-bond acceptors (Lipinski definition) is 4. The molecule has 0 N–H and O–H groups in total. The van der Waals surface area contributed by atoms with E-state index in [4.69, 9.17) is 16.3 Å². The molecule has 0 radical (unpaired) electrons. The molecule has 3 fully saturated rings. The van der Waals surface area contributed by atoms with Crippen molar-refractivity contribution in [3.8, 4) is 0 Å². The number of halogens is 1. The van der Waals surface area contributed by atoms with Gasteiger partial charge < -0.3 is 9.64 Å². The second-order valence-electron chi connectivity index (χ2n) is 7.25. The van der Waals surface area contributed by atoms with Gasteiger partial charge in [-0.3, -0.25) is 9.59 Å². The summed E-state index contributed by atoms with van der Waals surface area (Å²) in [6.07, 6.45) is 5.15. The average molecular weight is 359 g/mol. The van der Waals surface area contributed by atoms with Crippen LogP contribution < -0.4 is 9.80 Å². The molecule has 2 heterocycles. The van der Waals surface area contributed by atoms with Crippen molar-refractivity contribution < 1.29 is 14.3 Å². The van der Waals surface area contributed by atoms with Crippen LogP contribution in [0.5, 0.6) is 0 Å². The number of carbonyl (C=O) groups is 2. The first-order valence-electron chi connectivity index (χ1n) is 8.83. The first kappa shape index (κ1) is 15.4. The molecule has 1 saturated carbocycles. The highest BCUT2D eigenvalue weighted by atomic mass is 35.5. The summed E-state index contributed by atoms with van der Waals surface area (Å²) in [5, 5.41) is 0.568. The van der Waals surface area contributed by atoms with Gasteiger partial charge in [0.05, 0.1) is 41.4 Å². The Labute approximate surface area is 151 Å². The lowest BCUT2D eigenvalue weighted by molar-refractivity contribution is -0.123. The molecular weight excluding hydrogens is 340 g/mol. The highest BCUT2D eigenvalue weighted by molar-refractivity contribution is 6.34. The molecule has 6 heteroatoms. The Kier molecular flexibility index (Phi) is 3.44. The molecular formula is C19H19ClN2O3. The number of hydrogen-bond donors (Lipinski definition) is 0. The molecule has 0 aromatic heterocycles. The van der Waals surface area contributed by atoms with E-state index < -0.39 is 0 Å². The molecule has 1 aromatic rings. The second-order valence-corrected chi connectivity index (χ2v) is 7.65. The topological polar surface area (TPSA) is 49.9 Å². The molecule has 0 spiro atoms. The summed E-state index contributed by atoms with van der Waals surface area (Å²) in [5.41, 5.74) is 1.51. The summed E-state index contributed by atoms with van der Waals surface area (Å²) in [6, 6.07) is 5.49. The third kappa shape index (κ3) is 2.19. The van der Waals surface area contributed by atoms with Gasteiger partial charge in [-0.15, -0.1) is 0 Å². The summed E-state index contributed by atoms with van der Waals surface area (Å²) in [4.78, 5) is 29.3. The lowest BCUT2D eigenvalue weighted by atomic mass is 9.85. The van der Waals surface area contributed by atoms with Gasteiger partial charge in [-0.25, -0.2) is 4.90 Å². The van der Waals surface area contributed by atoms with Crippen molar-refractivity contribution in [1.82, 2.24) is 0 Å². The molecule has 2 amide bonds. The molecule has 2 bridgehead atoms. The molecule has 2 aliphatic heterocycles. The molecule has 2 saturated heterocycles. The van der Waals surface area contributed by atoms with Crippen molar-refractivity contribution in [1.29, 1.82) is 0 Å². The standard InChI is InChI=1S/C19H19ClN2O3/c20-14-10-13(3-4-15(14)21-5-7-25-8-6-21)22-18(23)16-11-1-2-12(9-11)17(16)19(22)24/h1-4,10-12,16-17H,5-9H2/t11-,12+,16?,17?. The van der Waals surface area contributed by atoms with Crippen LogP contribution in [0.15, 0.2) is 30.4 Å². The van der Waals surface area contributed by atoms with E-state index in [1.807, 2.05) is 12.1 Å². The van der Waals surface area contributed by atoms with Gasteiger partial charge in [0.2, 0.25) is 11.8 Å². The summed E-state index contributed by atoms with van der Waals surface area (Å²) < 4.78 is 5.37. The fourth-order valence-electron chi connectivity index (χ4n) is 4.85. The Balaban J connectivity index is 1.45. The third-order valence-electron chi connectivity index (χ3n) is 6.01. The number of allylic oxidation sites excluding steroid dienone is 2. The normalized spacial score (nSPS) is 33.5. The van der Waals surface area contributed by atoms with E-state index in [-0.39, 0.29) is 35.5 Å². The van der Waals surface area contributed by atoms with Gasteiger partial charge >= 0.3 is 0 Å². The Bertz CT molecular complexity index is 757. The number of ether oxygens (including phenoxy) is 1. The maximum absolute atomic E-state index is 12.9. The van der Waals surface area contributed by atoms with Crippen molar-refractivity contribution in [2.75, 3.05) is 36.1 Å². The zero-order valence-electron chi connectivity index (χ0n) is 13.7. The number of fused-ring (bicyclic) bond motifs is 5. The number of amides is 2. The highest BCUT2D eigenvalue weighted by Gasteiger charge is 2.59. The van der Waals surface area contributed by atoms with Gasteiger partial charge in [0, 0.05) is 13.1 Å². The molecule has 5 nitrogen and oxygen atoms in total. The lowest BCUT2D eigenvalue weighted by Gasteiger charge is -2.30. The molecule has 25 heavy (non-hydrogen) atoms. The van der Waals surface area contributed by atoms with Crippen molar-refractivity contribution in [3.05, 3.63) is 35.4 Å².